The maximum atomic E-state index is 5.71. The van der Waals surface area contributed by atoms with Crippen LogP contribution in [0.4, 0.5) is 0 Å². The lowest BCUT2D eigenvalue weighted by molar-refractivity contribution is -0.0220. The van der Waals surface area contributed by atoms with Gasteiger partial charge in [0.25, 0.3) is 0 Å². The van der Waals surface area contributed by atoms with Crippen LogP contribution in [0.5, 0.6) is 0 Å². The van der Waals surface area contributed by atoms with Gasteiger partial charge in [-0.1, -0.05) is 20.8 Å². The van der Waals surface area contributed by atoms with Gasteiger partial charge in [0, 0.05) is 18.5 Å². The first-order chi connectivity index (χ1) is 8.17. The highest BCUT2D eigenvalue weighted by Crippen LogP contribution is 2.35. The van der Waals surface area contributed by atoms with Gasteiger partial charge >= 0.3 is 0 Å². The van der Waals surface area contributed by atoms with Crippen molar-refractivity contribution in [3.63, 3.8) is 0 Å². The van der Waals surface area contributed by atoms with Crippen molar-refractivity contribution in [3.05, 3.63) is 16.1 Å². The molecule has 0 saturated carbocycles. The summed E-state index contributed by atoms with van der Waals surface area (Å²) in [5, 5.41) is 6.55. The Hall–Kier alpha value is -0.450. The molecule has 1 atom stereocenters. The van der Waals surface area contributed by atoms with E-state index in [2.05, 4.69) is 31.5 Å². The van der Waals surface area contributed by atoms with Gasteiger partial charge in [0.1, 0.15) is 10.6 Å². The smallest absolute Gasteiger partial charge is 0.125 e. The third kappa shape index (κ3) is 2.87. The summed E-state index contributed by atoms with van der Waals surface area (Å²) < 4.78 is 5.71. The van der Waals surface area contributed by atoms with E-state index in [0.717, 1.165) is 30.0 Å². The Morgan fingerprint density at radius 3 is 2.47 bits per heavy atom. The van der Waals surface area contributed by atoms with Crippen molar-refractivity contribution in [2.45, 2.75) is 51.7 Å². The third-order valence-corrected chi connectivity index (χ3v) is 4.60. The highest BCUT2D eigenvalue weighted by molar-refractivity contribution is 7.09. The van der Waals surface area contributed by atoms with Crippen molar-refractivity contribution in [2.24, 2.45) is 0 Å². The number of hydrogen-bond donors (Lipinski definition) is 1. The molecule has 0 aliphatic rings. The zero-order chi connectivity index (χ0) is 12.9. The molecule has 4 heteroatoms. The number of rotatable bonds is 7. The van der Waals surface area contributed by atoms with Crippen LogP contribution in [0, 0.1) is 0 Å². The second-order valence-electron chi connectivity index (χ2n) is 4.23. The number of aromatic nitrogens is 1. The van der Waals surface area contributed by atoms with Crippen molar-refractivity contribution in [1.29, 1.82) is 0 Å². The lowest BCUT2D eigenvalue weighted by Gasteiger charge is -2.27. The fourth-order valence-electron chi connectivity index (χ4n) is 2.15. The van der Waals surface area contributed by atoms with Crippen molar-refractivity contribution in [2.75, 3.05) is 14.2 Å². The van der Waals surface area contributed by atoms with Crippen molar-refractivity contribution < 1.29 is 4.74 Å². The van der Waals surface area contributed by atoms with E-state index in [1.165, 1.54) is 0 Å². The lowest BCUT2D eigenvalue weighted by Crippen LogP contribution is -2.27. The summed E-state index contributed by atoms with van der Waals surface area (Å²) in [7, 11) is 3.76. The van der Waals surface area contributed by atoms with Crippen LogP contribution < -0.4 is 5.32 Å². The molecular formula is C13H24N2OS. The number of ether oxygens (including phenoxy) is 1. The monoisotopic (exact) mass is 256 g/mol. The molecule has 0 fully saturated rings. The molecule has 1 heterocycles. The summed E-state index contributed by atoms with van der Waals surface area (Å²) in [6, 6.07) is 0.350. The van der Waals surface area contributed by atoms with Crippen LogP contribution in [0.3, 0.4) is 0 Å². The maximum absolute atomic E-state index is 5.71. The highest BCUT2D eigenvalue weighted by atomic mass is 32.1. The molecule has 1 aromatic rings. The molecule has 17 heavy (non-hydrogen) atoms. The second kappa shape index (κ2) is 6.47. The number of thiazole rings is 1. The van der Waals surface area contributed by atoms with Gasteiger partial charge in [0.2, 0.25) is 0 Å². The molecule has 0 radical (unpaired) electrons. The number of nitrogens with one attached hydrogen (secondary N) is 1. The van der Waals surface area contributed by atoms with Crippen LogP contribution in [0.25, 0.3) is 0 Å². The van der Waals surface area contributed by atoms with Gasteiger partial charge in [-0.05, 0) is 26.3 Å². The van der Waals surface area contributed by atoms with Crippen molar-refractivity contribution in [3.8, 4) is 0 Å². The number of methoxy groups -OCH3 is 1. The Morgan fingerprint density at radius 2 is 2.06 bits per heavy atom. The van der Waals surface area contributed by atoms with E-state index >= 15 is 0 Å². The molecule has 0 amide bonds. The van der Waals surface area contributed by atoms with Crippen molar-refractivity contribution in [1.82, 2.24) is 10.3 Å². The molecule has 0 bridgehead atoms. The number of hydrogen-bond acceptors (Lipinski definition) is 4. The Morgan fingerprint density at radius 1 is 1.41 bits per heavy atom. The standard InChI is InChI=1S/C13H24N2OS/c1-6-10(14-4)11-9-17-12(15-11)13(7-2,8-3)16-5/h9-10,14H,6-8H2,1-5H3. The largest absolute Gasteiger partial charge is 0.371 e. The average Bonchev–Trinajstić information content (AvgIpc) is 2.84. The predicted molar refractivity (Wildman–Crippen MR) is 73.5 cm³/mol. The molecule has 3 nitrogen and oxygen atoms in total. The minimum absolute atomic E-state index is 0.199. The van der Waals surface area contributed by atoms with Gasteiger partial charge in [0.05, 0.1) is 5.69 Å². The first-order valence-corrected chi connectivity index (χ1v) is 7.23. The van der Waals surface area contributed by atoms with E-state index < -0.39 is 0 Å². The van der Waals surface area contributed by atoms with Gasteiger partial charge in [0.15, 0.2) is 0 Å². The average molecular weight is 256 g/mol. The molecule has 0 aromatic carbocycles. The summed E-state index contributed by atoms with van der Waals surface area (Å²) in [6.45, 7) is 6.48. The normalized spacial score (nSPS) is 13.9. The Bertz CT molecular complexity index is 322. The molecule has 0 saturated heterocycles. The van der Waals surface area contributed by atoms with Crippen LogP contribution in [-0.4, -0.2) is 19.1 Å². The van der Waals surface area contributed by atoms with Gasteiger partial charge in [-0.15, -0.1) is 11.3 Å². The Balaban J connectivity index is 3.00. The Kier molecular flexibility index (Phi) is 5.56. The quantitative estimate of drug-likeness (QED) is 0.811. The zero-order valence-electron chi connectivity index (χ0n) is 11.5. The molecule has 98 valence electrons. The first-order valence-electron chi connectivity index (χ1n) is 6.35. The van der Waals surface area contributed by atoms with Crippen LogP contribution >= 0.6 is 11.3 Å². The lowest BCUT2D eigenvalue weighted by atomic mass is 9.98. The van der Waals surface area contributed by atoms with Gasteiger partial charge < -0.3 is 10.1 Å². The third-order valence-electron chi connectivity index (χ3n) is 3.56. The molecule has 0 aliphatic heterocycles. The summed E-state index contributed by atoms with van der Waals surface area (Å²) in [6.07, 6.45) is 2.98. The van der Waals surface area contributed by atoms with Gasteiger partial charge in [-0.3, -0.25) is 0 Å². The topological polar surface area (TPSA) is 34.1 Å². The SMILES string of the molecule is CCC(NC)c1csc(C(CC)(CC)OC)n1. The van der Waals surface area contributed by atoms with E-state index in [4.69, 9.17) is 9.72 Å². The highest BCUT2D eigenvalue weighted by Gasteiger charge is 2.31. The summed E-state index contributed by atoms with van der Waals surface area (Å²) >= 11 is 1.71. The van der Waals surface area contributed by atoms with Gasteiger partial charge in [-0.25, -0.2) is 4.98 Å². The van der Waals surface area contributed by atoms with E-state index in [-0.39, 0.29) is 5.60 Å². The van der Waals surface area contributed by atoms with Crippen molar-refractivity contribution >= 4 is 11.3 Å². The molecule has 0 spiro atoms. The molecule has 1 unspecified atom stereocenters. The maximum Gasteiger partial charge on any atom is 0.125 e. The first kappa shape index (κ1) is 14.6. The van der Waals surface area contributed by atoms with Crippen LogP contribution in [0.15, 0.2) is 5.38 Å². The molecular weight excluding hydrogens is 232 g/mol. The van der Waals surface area contributed by atoms with Crippen LogP contribution in [-0.2, 0) is 10.3 Å². The summed E-state index contributed by atoms with van der Waals surface area (Å²) in [5.74, 6) is 0. The minimum atomic E-state index is -0.199. The Labute approximate surface area is 109 Å². The second-order valence-corrected chi connectivity index (χ2v) is 5.09. The summed E-state index contributed by atoms with van der Waals surface area (Å²) in [5.41, 5.74) is 0.938. The van der Waals surface area contributed by atoms with E-state index in [1.54, 1.807) is 18.4 Å². The summed E-state index contributed by atoms with van der Waals surface area (Å²) in [4.78, 5) is 4.77. The van der Waals surface area contributed by atoms with Gasteiger partial charge in [-0.2, -0.15) is 0 Å². The minimum Gasteiger partial charge on any atom is -0.371 e. The van der Waals surface area contributed by atoms with E-state index in [0.29, 0.717) is 6.04 Å². The van der Waals surface area contributed by atoms with Crippen LogP contribution in [0.1, 0.15) is 56.8 Å². The molecule has 1 aromatic heterocycles. The fraction of sp³-hybridized carbons (Fsp3) is 0.769. The molecule has 1 N–H and O–H groups in total. The fourth-order valence-corrected chi connectivity index (χ4v) is 3.34. The van der Waals surface area contributed by atoms with E-state index in [1.807, 2.05) is 7.05 Å². The van der Waals surface area contributed by atoms with E-state index in [9.17, 15) is 0 Å². The predicted octanol–water partition coefficient (Wildman–Crippen LogP) is 3.48. The number of nitrogens with zero attached hydrogens (tertiary/aromatic N) is 1. The van der Waals surface area contributed by atoms with Crippen LogP contribution in [0.2, 0.25) is 0 Å². The molecule has 0 aliphatic carbocycles. The molecule has 1 rings (SSSR count). The zero-order valence-corrected chi connectivity index (χ0v) is 12.4.